The molecule has 0 aliphatic rings. The van der Waals surface area contributed by atoms with Gasteiger partial charge in [-0.15, -0.1) is 0 Å². The molecule has 0 amide bonds. The van der Waals surface area contributed by atoms with Crippen molar-refractivity contribution in [2.75, 3.05) is 38.2 Å². The number of hydrogen-bond acceptors (Lipinski definition) is 6. The second kappa shape index (κ2) is 16.9. The number of hydrogen-bond donors (Lipinski definition) is 0. The molecule has 1 heterocycles. The topological polar surface area (TPSA) is 48.3 Å². The Morgan fingerprint density at radius 3 is 1.00 bits per heavy atom. The molecule has 52 heavy (non-hydrogen) atoms. The van der Waals surface area contributed by atoms with Crippen molar-refractivity contribution < 1.29 is 70.3 Å². The van der Waals surface area contributed by atoms with Crippen LogP contribution >= 0.6 is 0 Å². The number of aromatic nitrogens is 1. The van der Waals surface area contributed by atoms with Crippen LogP contribution in [0.3, 0.4) is 0 Å². The van der Waals surface area contributed by atoms with Crippen molar-refractivity contribution in [3.8, 4) is 23.0 Å². The fourth-order valence-corrected chi connectivity index (χ4v) is 6.67. The van der Waals surface area contributed by atoms with Gasteiger partial charge in [0.2, 0.25) is 0 Å². The van der Waals surface area contributed by atoms with Crippen LogP contribution in [-0.2, 0) is 6.54 Å². The summed E-state index contributed by atoms with van der Waals surface area (Å²) in [5.74, 6) is 3.26. The first-order valence-electron chi connectivity index (χ1n) is 17.1. The maximum atomic E-state index is 5.48. The Labute approximate surface area is 348 Å². The van der Waals surface area contributed by atoms with Gasteiger partial charge in [0.25, 0.3) is 0 Å². The first-order valence-corrected chi connectivity index (χ1v) is 17.1. The molecule has 7 nitrogen and oxygen atoms in total. The number of fused-ring (bicyclic) bond motifs is 3. The van der Waals surface area contributed by atoms with Crippen molar-refractivity contribution in [1.82, 2.24) is 4.57 Å². The van der Waals surface area contributed by atoms with E-state index in [-0.39, 0.29) is 51.4 Å². The van der Waals surface area contributed by atoms with E-state index in [1.165, 1.54) is 21.8 Å². The molecule has 0 radical (unpaired) electrons. The summed E-state index contributed by atoms with van der Waals surface area (Å²) in [6.45, 7) is 2.97. The van der Waals surface area contributed by atoms with Crippen LogP contribution in [0.2, 0.25) is 0 Å². The minimum absolute atomic E-state index is 0. The van der Waals surface area contributed by atoms with Gasteiger partial charge in [0, 0.05) is 44.9 Å². The van der Waals surface area contributed by atoms with Crippen LogP contribution in [0.4, 0.5) is 34.1 Å². The molecule has 0 atom stereocenters. The molecule has 7 aromatic rings. The molecule has 0 N–H and O–H groups in total. The average molecular weight is 716 g/mol. The molecule has 0 aliphatic carbocycles. The molecule has 1 aromatic heterocycles. The second-order valence-electron chi connectivity index (χ2n) is 12.2. The maximum absolute atomic E-state index is 5.48. The van der Waals surface area contributed by atoms with Crippen LogP contribution in [0.5, 0.6) is 23.0 Å². The first-order chi connectivity index (χ1) is 25.0. The van der Waals surface area contributed by atoms with Crippen LogP contribution in [0.15, 0.2) is 133 Å². The molecule has 0 aliphatic heterocycles. The summed E-state index contributed by atoms with van der Waals surface area (Å²) in [7, 11) is 6.76. The van der Waals surface area contributed by atoms with Gasteiger partial charge in [-0.3, -0.25) is 0 Å². The second-order valence-corrected chi connectivity index (χ2v) is 12.2. The predicted molar refractivity (Wildman–Crippen MR) is 210 cm³/mol. The van der Waals surface area contributed by atoms with Gasteiger partial charge >= 0.3 is 51.4 Å². The van der Waals surface area contributed by atoms with E-state index in [1.54, 1.807) is 28.4 Å². The van der Waals surface area contributed by atoms with Gasteiger partial charge in [-0.05, 0) is 128 Å². The van der Waals surface area contributed by atoms with Crippen LogP contribution in [-0.4, -0.2) is 33.0 Å². The summed E-state index contributed by atoms with van der Waals surface area (Å²) in [6.07, 6.45) is 3.17. The van der Waals surface area contributed by atoms with Gasteiger partial charge in [0.15, 0.2) is 0 Å². The van der Waals surface area contributed by atoms with E-state index in [2.05, 4.69) is 113 Å². The van der Waals surface area contributed by atoms with Crippen molar-refractivity contribution in [3.63, 3.8) is 0 Å². The molecule has 0 fully saturated rings. The SMILES string of the molecule is C[CH-]CCn1c2cc(N(c3ccc(OC)cc3)c3ccc(OC)cc3)ccc2c2ccc(N(c3ccc(OC)cc3)c3ccc(OC)cc3)cc21.[K+]. The maximum Gasteiger partial charge on any atom is 1.00 e. The Morgan fingerprint density at radius 1 is 0.442 bits per heavy atom. The fraction of sp³-hybridized carbons (Fsp3) is 0.159. The molecule has 0 unspecified atom stereocenters. The normalized spacial score (nSPS) is 10.9. The molecule has 6 aromatic carbocycles. The summed E-state index contributed by atoms with van der Waals surface area (Å²) in [5.41, 5.74) is 8.58. The summed E-state index contributed by atoms with van der Waals surface area (Å²) < 4.78 is 24.4. The van der Waals surface area contributed by atoms with E-state index in [1.807, 2.05) is 48.5 Å². The number of rotatable bonds is 13. The zero-order valence-electron chi connectivity index (χ0n) is 30.7. The zero-order chi connectivity index (χ0) is 35.3. The largest absolute Gasteiger partial charge is 1.00 e. The van der Waals surface area contributed by atoms with E-state index in [4.69, 9.17) is 18.9 Å². The predicted octanol–water partition coefficient (Wildman–Crippen LogP) is 8.39. The van der Waals surface area contributed by atoms with E-state index in [0.29, 0.717) is 0 Å². The van der Waals surface area contributed by atoms with Crippen molar-refractivity contribution in [2.24, 2.45) is 0 Å². The van der Waals surface area contributed by atoms with Gasteiger partial charge in [0.05, 0.1) is 39.5 Å². The van der Waals surface area contributed by atoms with Crippen LogP contribution < -0.4 is 80.1 Å². The third-order valence-corrected chi connectivity index (χ3v) is 9.31. The summed E-state index contributed by atoms with van der Waals surface area (Å²) >= 11 is 0. The van der Waals surface area contributed by atoms with Gasteiger partial charge in [0.1, 0.15) is 23.0 Å². The van der Waals surface area contributed by atoms with E-state index < -0.39 is 0 Å². The minimum Gasteiger partial charge on any atom is -0.497 e. The molecular weight excluding hydrogens is 674 g/mol. The molecule has 258 valence electrons. The molecular formula is C44H42KN3O4. The third kappa shape index (κ3) is 7.54. The quantitative estimate of drug-likeness (QED) is 0.0884. The fourth-order valence-electron chi connectivity index (χ4n) is 6.67. The third-order valence-electron chi connectivity index (χ3n) is 9.31. The van der Waals surface area contributed by atoms with Crippen molar-refractivity contribution in [2.45, 2.75) is 19.9 Å². The van der Waals surface area contributed by atoms with E-state index in [0.717, 1.165) is 70.1 Å². The number of ether oxygens (including phenoxy) is 4. The Balaban J connectivity index is 0.00000464. The Morgan fingerprint density at radius 2 is 0.731 bits per heavy atom. The molecule has 0 bridgehead atoms. The van der Waals surface area contributed by atoms with Crippen LogP contribution in [0.25, 0.3) is 21.8 Å². The van der Waals surface area contributed by atoms with E-state index in [9.17, 15) is 0 Å². The van der Waals surface area contributed by atoms with Crippen molar-refractivity contribution in [3.05, 3.63) is 140 Å². The summed E-state index contributed by atoms with van der Waals surface area (Å²) in [5, 5.41) is 2.42. The van der Waals surface area contributed by atoms with Gasteiger partial charge in [-0.25, -0.2) is 0 Å². The number of nitrogens with zero attached hydrogens (tertiary/aromatic N) is 3. The van der Waals surface area contributed by atoms with Gasteiger partial charge < -0.3 is 39.7 Å². The summed E-state index contributed by atoms with van der Waals surface area (Å²) in [6, 6.07) is 46.3. The Hall–Kier alpha value is -4.44. The standard InChI is InChI=1S/C44H42N3O4.K/c1-6-7-28-45-43-29-35(46(31-8-18-37(48-2)19-9-31)32-10-20-38(49-3)21-11-32)16-26-41(43)42-27-17-36(30-44(42)45)47(33-12-22-39(50-4)23-13-33)34-14-24-40(51-5)25-15-34;/h6,8-27,29-30H,7,28H2,1-5H3;/q-1;+1. The Bertz CT molecular complexity index is 1980. The molecule has 7 rings (SSSR count). The van der Waals surface area contributed by atoms with Gasteiger partial charge in [-0.2, -0.15) is 13.3 Å². The molecule has 0 saturated heterocycles. The number of aryl methyl sites for hydroxylation is 1. The van der Waals surface area contributed by atoms with Gasteiger partial charge in [-0.1, -0.05) is 12.1 Å². The summed E-state index contributed by atoms with van der Waals surface area (Å²) in [4.78, 5) is 4.54. The Kier molecular flexibility index (Phi) is 12.1. The smallest absolute Gasteiger partial charge is 0.497 e. The average Bonchev–Trinajstić information content (AvgIpc) is 3.50. The number of benzene rings is 6. The van der Waals surface area contributed by atoms with Crippen molar-refractivity contribution in [1.29, 1.82) is 0 Å². The van der Waals surface area contributed by atoms with Crippen LogP contribution in [0, 0.1) is 6.42 Å². The monoisotopic (exact) mass is 715 g/mol. The zero-order valence-corrected chi connectivity index (χ0v) is 33.8. The minimum atomic E-state index is 0. The number of methoxy groups -OCH3 is 4. The number of unbranched alkanes of at least 4 members (excludes halogenated alkanes) is 1. The van der Waals surface area contributed by atoms with Crippen molar-refractivity contribution >= 4 is 55.9 Å². The first kappa shape index (κ1) is 37.3. The number of anilines is 6. The van der Waals surface area contributed by atoms with Crippen LogP contribution in [0.1, 0.15) is 13.3 Å². The van der Waals surface area contributed by atoms with E-state index >= 15 is 0 Å². The molecule has 8 heteroatoms. The molecule has 0 spiro atoms. The molecule has 0 saturated carbocycles.